The van der Waals surface area contributed by atoms with E-state index in [0.717, 1.165) is 27.7 Å². The van der Waals surface area contributed by atoms with Gasteiger partial charge in [0.25, 0.3) is 0 Å². The van der Waals surface area contributed by atoms with Crippen molar-refractivity contribution >= 4 is 39.3 Å². The zero-order valence-corrected chi connectivity index (χ0v) is 16.0. The highest BCUT2D eigenvalue weighted by atomic mass is 32.3. The molecule has 0 aromatic carbocycles. The molecule has 0 aromatic heterocycles. The predicted octanol–water partition coefficient (Wildman–Crippen LogP) is -0.148. The molecule has 0 aliphatic heterocycles. The van der Waals surface area contributed by atoms with Gasteiger partial charge in [0.1, 0.15) is 0 Å². The molecule has 0 heterocycles. The van der Waals surface area contributed by atoms with E-state index in [-0.39, 0.29) is 0 Å². The van der Waals surface area contributed by atoms with E-state index in [0.29, 0.717) is 0 Å². The van der Waals surface area contributed by atoms with Crippen molar-refractivity contribution in [2.45, 2.75) is 27.7 Å². The SMILES string of the molecule is CCS(=O)(=O)C(=C(S(=O)(=O)CC)S(=O)(=O)CC)S(=O)(=O)CC. The number of hydrogen-bond acceptors (Lipinski definition) is 8. The van der Waals surface area contributed by atoms with Crippen LogP contribution in [0.15, 0.2) is 8.47 Å². The molecule has 0 fully saturated rings. The Hall–Kier alpha value is -0.460. The molecule has 0 saturated heterocycles. The minimum Gasteiger partial charge on any atom is -0.223 e. The average molecular weight is 397 g/mol. The Morgan fingerprint density at radius 2 is 0.591 bits per heavy atom. The van der Waals surface area contributed by atoms with Crippen LogP contribution in [0.1, 0.15) is 27.7 Å². The highest BCUT2D eigenvalue weighted by Crippen LogP contribution is 2.29. The van der Waals surface area contributed by atoms with Gasteiger partial charge in [0, 0.05) is 0 Å². The zero-order chi connectivity index (χ0) is 18.0. The lowest BCUT2D eigenvalue weighted by Crippen LogP contribution is -2.28. The van der Waals surface area contributed by atoms with Gasteiger partial charge in [-0.3, -0.25) is 0 Å². The lowest BCUT2D eigenvalue weighted by Gasteiger charge is -2.14. The normalized spacial score (nSPS) is 13.8. The van der Waals surface area contributed by atoms with E-state index in [4.69, 9.17) is 0 Å². The molecule has 0 aliphatic rings. The van der Waals surface area contributed by atoms with Crippen molar-refractivity contribution in [2.24, 2.45) is 0 Å². The summed E-state index contributed by atoms with van der Waals surface area (Å²) in [6.45, 7) is 4.43. The molecule has 0 saturated carbocycles. The summed E-state index contributed by atoms with van der Waals surface area (Å²) in [5.74, 6) is -2.93. The lowest BCUT2D eigenvalue weighted by atomic mass is 11.0. The van der Waals surface area contributed by atoms with Crippen LogP contribution in [0.4, 0.5) is 0 Å². The molecule has 0 rings (SSSR count). The van der Waals surface area contributed by atoms with Crippen LogP contribution < -0.4 is 0 Å². The second-order valence-electron chi connectivity index (χ2n) is 4.19. The second-order valence-corrected chi connectivity index (χ2v) is 13.6. The van der Waals surface area contributed by atoms with Gasteiger partial charge in [-0.1, -0.05) is 27.7 Å². The first-order chi connectivity index (χ1) is 9.73. The van der Waals surface area contributed by atoms with Crippen molar-refractivity contribution in [3.05, 3.63) is 8.47 Å². The van der Waals surface area contributed by atoms with E-state index in [1.807, 2.05) is 0 Å². The van der Waals surface area contributed by atoms with Gasteiger partial charge in [0.05, 0.1) is 23.0 Å². The largest absolute Gasteiger partial charge is 0.223 e. The molecule has 0 radical (unpaired) electrons. The Morgan fingerprint density at radius 1 is 0.455 bits per heavy atom. The summed E-state index contributed by atoms with van der Waals surface area (Å²) in [5, 5.41) is 0. The molecular weight excluding hydrogens is 376 g/mol. The summed E-state index contributed by atoms with van der Waals surface area (Å²) in [7, 11) is -18.3. The average Bonchev–Trinajstić information content (AvgIpc) is 2.43. The Balaban J connectivity index is 7.57. The predicted molar refractivity (Wildman–Crippen MR) is 84.9 cm³/mol. The molecule has 0 bridgehead atoms. The molecular formula is C10H20O8S4. The van der Waals surface area contributed by atoms with Crippen LogP contribution in [-0.4, -0.2) is 56.7 Å². The molecule has 0 amide bonds. The Bertz CT molecular complexity index is 709. The second kappa shape index (κ2) is 6.97. The summed E-state index contributed by atoms with van der Waals surface area (Å²) in [6, 6.07) is 0. The molecule has 0 aliphatic carbocycles. The number of hydrogen-bond donors (Lipinski definition) is 0. The minimum atomic E-state index is -4.58. The monoisotopic (exact) mass is 396 g/mol. The lowest BCUT2D eigenvalue weighted by molar-refractivity contribution is 0.587. The van der Waals surface area contributed by atoms with Crippen LogP contribution in [0.3, 0.4) is 0 Å². The summed E-state index contributed by atoms with van der Waals surface area (Å²) in [6.07, 6.45) is 0. The van der Waals surface area contributed by atoms with Crippen LogP contribution in [0.5, 0.6) is 0 Å². The maximum Gasteiger partial charge on any atom is 0.191 e. The van der Waals surface area contributed by atoms with Crippen molar-refractivity contribution in [1.29, 1.82) is 0 Å². The van der Waals surface area contributed by atoms with Gasteiger partial charge in [-0.15, -0.1) is 0 Å². The molecule has 8 nitrogen and oxygen atoms in total. The third kappa shape index (κ3) is 4.30. The van der Waals surface area contributed by atoms with Crippen molar-refractivity contribution in [2.75, 3.05) is 23.0 Å². The van der Waals surface area contributed by atoms with E-state index < -0.39 is 70.8 Å². The van der Waals surface area contributed by atoms with E-state index in [2.05, 4.69) is 0 Å². The standard InChI is InChI=1S/C10H20O8S4/c1-5-19(11,12)9(20(13,14)6-2)10(21(15,16)7-3)22(17,18)8-4/h5-8H2,1-4H3. The van der Waals surface area contributed by atoms with Gasteiger partial charge in [-0.05, 0) is 0 Å². The molecule has 0 spiro atoms. The van der Waals surface area contributed by atoms with E-state index in [1.165, 1.54) is 0 Å². The molecule has 0 unspecified atom stereocenters. The Morgan fingerprint density at radius 3 is 0.682 bits per heavy atom. The maximum absolute atomic E-state index is 12.1. The molecule has 132 valence electrons. The summed E-state index contributed by atoms with van der Waals surface area (Å²) in [4.78, 5) is 0. The molecule has 0 N–H and O–H groups in total. The third-order valence-electron chi connectivity index (χ3n) is 2.82. The van der Waals surface area contributed by atoms with Crippen molar-refractivity contribution in [1.82, 2.24) is 0 Å². The molecule has 0 atom stereocenters. The molecule has 22 heavy (non-hydrogen) atoms. The minimum absolute atomic E-state index is 0.733. The molecule has 0 aromatic rings. The van der Waals surface area contributed by atoms with Gasteiger partial charge in [-0.25, -0.2) is 33.7 Å². The smallest absolute Gasteiger partial charge is 0.191 e. The van der Waals surface area contributed by atoms with Crippen LogP contribution in [0.2, 0.25) is 0 Å². The fraction of sp³-hybridized carbons (Fsp3) is 0.800. The van der Waals surface area contributed by atoms with Gasteiger partial charge >= 0.3 is 0 Å². The fourth-order valence-corrected chi connectivity index (χ4v) is 11.0. The fourth-order valence-electron chi connectivity index (χ4n) is 1.42. The van der Waals surface area contributed by atoms with Crippen molar-refractivity contribution in [3.8, 4) is 0 Å². The third-order valence-corrected chi connectivity index (χ3v) is 12.5. The zero-order valence-electron chi connectivity index (χ0n) is 12.7. The van der Waals surface area contributed by atoms with Gasteiger partial charge in [-0.2, -0.15) is 0 Å². The van der Waals surface area contributed by atoms with E-state index in [1.54, 1.807) is 0 Å². The van der Waals surface area contributed by atoms with E-state index >= 15 is 0 Å². The summed E-state index contributed by atoms with van der Waals surface area (Å²) in [5.41, 5.74) is 0. The van der Waals surface area contributed by atoms with Crippen LogP contribution >= 0.6 is 0 Å². The summed E-state index contributed by atoms with van der Waals surface area (Å²) >= 11 is 0. The quantitative estimate of drug-likeness (QED) is 0.552. The summed E-state index contributed by atoms with van der Waals surface area (Å²) < 4.78 is 93.8. The highest BCUT2D eigenvalue weighted by Gasteiger charge is 2.42. The van der Waals surface area contributed by atoms with Gasteiger partial charge in [0.2, 0.25) is 0 Å². The molecule has 12 heteroatoms. The van der Waals surface area contributed by atoms with Crippen LogP contribution in [0, 0.1) is 0 Å². The Kier molecular flexibility index (Phi) is 6.83. The van der Waals surface area contributed by atoms with E-state index in [9.17, 15) is 33.7 Å². The first-order valence-corrected chi connectivity index (χ1v) is 13.0. The van der Waals surface area contributed by atoms with Gasteiger partial charge < -0.3 is 0 Å². The van der Waals surface area contributed by atoms with Crippen LogP contribution in [0.25, 0.3) is 0 Å². The maximum atomic E-state index is 12.1. The Labute approximate surface area is 132 Å². The van der Waals surface area contributed by atoms with Crippen LogP contribution in [-0.2, 0) is 39.3 Å². The first-order valence-electron chi connectivity index (χ1n) is 6.38. The van der Waals surface area contributed by atoms with Gasteiger partial charge in [0.15, 0.2) is 47.8 Å². The highest BCUT2D eigenvalue weighted by molar-refractivity contribution is 8.20. The number of rotatable bonds is 8. The first kappa shape index (κ1) is 21.5. The number of sulfone groups is 4. The topological polar surface area (TPSA) is 137 Å². The van der Waals surface area contributed by atoms with Crippen molar-refractivity contribution < 1.29 is 33.7 Å². The van der Waals surface area contributed by atoms with Crippen molar-refractivity contribution in [3.63, 3.8) is 0 Å².